The van der Waals surface area contributed by atoms with Gasteiger partial charge < -0.3 is 15.8 Å². The summed E-state index contributed by atoms with van der Waals surface area (Å²) in [6.07, 6.45) is 0.813. The van der Waals surface area contributed by atoms with Crippen LogP contribution in [0.2, 0.25) is 0 Å². The molecule has 1 amide bonds. The molecular formula is C16H19N3O3S. The van der Waals surface area contributed by atoms with Gasteiger partial charge in [-0.2, -0.15) is 0 Å². The van der Waals surface area contributed by atoms with Gasteiger partial charge in [0.15, 0.2) is 0 Å². The predicted octanol–water partition coefficient (Wildman–Crippen LogP) is 1.22. The van der Waals surface area contributed by atoms with Gasteiger partial charge in [-0.25, -0.2) is 4.98 Å². The zero-order valence-corrected chi connectivity index (χ0v) is 13.6. The van der Waals surface area contributed by atoms with Crippen molar-refractivity contribution in [2.45, 2.75) is 18.9 Å². The number of nitrogens with one attached hydrogen (secondary N) is 1. The Bertz CT molecular complexity index is 658. The molecule has 1 unspecified atom stereocenters. The van der Waals surface area contributed by atoms with Crippen molar-refractivity contribution in [3.8, 4) is 0 Å². The first-order chi connectivity index (χ1) is 11.1. The Hall–Kier alpha value is -2.25. The van der Waals surface area contributed by atoms with Crippen molar-refractivity contribution in [3.63, 3.8) is 0 Å². The Balaban J connectivity index is 1.87. The standard InChI is InChI=1S/C16H19N3O3S/c1-22-15(21)9-18-14(20)8-12-10-23-16(19-12)13(17)7-11-5-3-2-4-6-11/h2-6,10,13H,7-9,17H2,1H3,(H,18,20). The quantitative estimate of drug-likeness (QED) is 0.743. The molecule has 0 aliphatic heterocycles. The van der Waals surface area contributed by atoms with E-state index >= 15 is 0 Å². The van der Waals surface area contributed by atoms with Crippen LogP contribution in [-0.4, -0.2) is 30.5 Å². The summed E-state index contributed by atoms with van der Waals surface area (Å²) in [6, 6.07) is 9.75. The molecule has 0 aliphatic carbocycles. The fourth-order valence-electron chi connectivity index (χ4n) is 2.00. The Labute approximate surface area is 138 Å². The Kier molecular flexibility index (Phi) is 6.25. The third-order valence-corrected chi connectivity index (χ3v) is 4.21. The van der Waals surface area contributed by atoms with Crippen LogP contribution in [0.4, 0.5) is 0 Å². The van der Waals surface area contributed by atoms with Crippen molar-refractivity contribution < 1.29 is 14.3 Å². The summed E-state index contributed by atoms with van der Waals surface area (Å²) < 4.78 is 4.46. The first-order valence-electron chi connectivity index (χ1n) is 7.16. The smallest absolute Gasteiger partial charge is 0.325 e. The maximum absolute atomic E-state index is 11.7. The van der Waals surface area contributed by atoms with Gasteiger partial charge >= 0.3 is 5.97 Å². The van der Waals surface area contributed by atoms with E-state index in [4.69, 9.17) is 5.73 Å². The van der Waals surface area contributed by atoms with Gasteiger partial charge in [0, 0.05) is 5.38 Å². The molecule has 7 heteroatoms. The number of carbonyl (C=O) groups excluding carboxylic acids is 2. The number of nitrogens with two attached hydrogens (primary N) is 1. The normalized spacial score (nSPS) is 11.7. The maximum Gasteiger partial charge on any atom is 0.325 e. The van der Waals surface area contributed by atoms with E-state index in [-0.39, 0.29) is 24.9 Å². The maximum atomic E-state index is 11.7. The van der Waals surface area contributed by atoms with E-state index in [1.165, 1.54) is 18.4 Å². The van der Waals surface area contributed by atoms with Crippen LogP contribution in [0.5, 0.6) is 0 Å². The molecule has 1 aromatic carbocycles. The van der Waals surface area contributed by atoms with Gasteiger partial charge in [-0.15, -0.1) is 11.3 Å². The van der Waals surface area contributed by atoms with Crippen molar-refractivity contribution in [1.82, 2.24) is 10.3 Å². The van der Waals surface area contributed by atoms with Gasteiger partial charge in [0.05, 0.1) is 25.3 Å². The molecular weight excluding hydrogens is 314 g/mol. The third-order valence-electron chi connectivity index (χ3n) is 3.18. The molecule has 0 aliphatic rings. The Morgan fingerprint density at radius 1 is 1.35 bits per heavy atom. The second-order valence-corrected chi connectivity index (χ2v) is 5.89. The molecule has 2 aromatic rings. The van der Waals surface area contributed by atoms with Gasteiger partial charge in [0.25, 0.3) is 0 Å². The monoisotopic (exact) mass is 333 g/mol. The number of methoxy groups -OCH3 is 1. The molecule has 3 N–H and O–H groups in total. The molecule has 23 heavy (non-hydrogen) atoms. The van der Waals surface area contributed by atoms with Gasteiger partial charge in [-0.1, -0.05) is 30.3 Å². The fraction of sp³-hybridized carbons (Fsp3) is 0.312. The van der Waals surface area contributed by atoms with Crippen molar-refractivity contribution in [2.24, 2.45) is 5.73 Å². The average Bonchev–Trinajstić information content (AvgIpc) is 3.02. The minimum atomic E-state index is -0.484. The number of amides is 1. The molecule has 6 nitrogen and oxygen atoms in total. The first kappa shape index (κ1) is 17.1. The summed E-state index contributed by atoms with van der Waals surface area (Å²) in [7, 11) is 1.27. The first-order valence-corrected chi connectivity index (χ1v) is 8.03. The molecule has 122 valence electrons. The predicted molar refractivity (Wildman–Crippen MR) is 87.9 cm³/mol. The summed E-state index contributed by atoms with van der Waals surface area (Å²) >= 11 is 1.44. The van der Waals surface area contributed by atoms with E-state index in [1.807, 2.05) is 35.7 Å². The van der Waals surface area contributed by atoms with Crippen molar-refractivity contribution in [1.29, 1.82) is 0 Å². The van der Waals surface area contributed by atoms with Gasteiger partial charge in [-0.3, -0.25) is 9.59 Å². The topological polar surface area (TPSA) is 94.3 Å². The number of carbonyl (C=O) groups is 2. The van der Waals surface area contributed by atoms with Crippen LogP contribution in [0.1, 0.15) is 22.3 Å². The van der Waals surface area contributed by atoms with Crippen molar-refractivity contribution >= 4 is 23.2 Å². The SMILES string of the molecule is COC(=O)CNC(=O)Cc1csc(C(N)Cc2ccccc2)n1. The van der Waals surface area contributed by atoms with E-state index < -0.39 is 5.97 Å². The summed E-state index contributed by atoms with van der Waals surface area (Å²) in [5.74, 6) is -0.758. The average molecular weight is 333 g/mol. The van der Waals surface area contributed by atoms with E-state index in [1.54, 1.807) is 0 Å². The third kappa shape index (κ3) is 5.46. The second kappa shape index (κ2) is 8.40. The van der Waals surface area contributed by atoms with Crippen molar-refractivity contribution in [2.75, 3.05) is 13.7 Å². The largest absolute Gasteiger partial charge is 0.468 e. The van der Waals surface area contributed by atoms with Crippen LogP contribution >= 0.6 is 11.3 Å². The molecule has 0 fully saturated rings. The van der Waals surface area contributed by atoms with Crippen LogP contribution in [-0.2, 0) is 27.2 Å². The number of nitrogens with zero attached hydrogens (tertiary/aromatic N) is 1. The lowest BCUT2D eigenvalue weighted by Gasteiger charge is -2.08. The Morgan fingerprint density at radius 3 is 2.78 bits per heavy atom. The highest BCUT2D eigenvalue weighted by molar-refractivity contribution is 7.09. The molecule has 1 atom stereocenters. The van der Waals surface area contributed by atoms with Crippen molar-refractivity contribution in [3.05, 3.63) is 52.0 Å². The highest BCUT2D eigenvalue weighted by atomic mass is 32.1. The number of esters is 1. The number of ether oxygens (including phenoxy) is 1. The molecule has 1 heterocycles. The summed E-state index contributed by atoms with van der Waals surface area (Å²) in [4.78, 5) is 27.1. The van der Waals surface area contributed by atoms with E-state index in [0.29, 0.717) is 12.1 Å². The number of thiazole rings is 1. The fourth-order valence-corrected chi connectivity index (χ4v) is 2.82. The number of benzene rings is 1. The van der Waals surface area contributed by atoms with Gasteiger partial charge in [-0.05, 0) is 12.0 Å². The molecule has 0 radical (unpaired) electrons. The molecule has 0 spiro atoms. The lowest BCUT2D eigenvalue weighted by Crippen LogP contribution is -2.31. The van der Waals surface area contributed by atoms with Gasteiger partial charge in [0.1, 0.15) is 11.6 Å². The van der Waals surface area contributed by atoms with E-state index in [2.05, 4.69) is 15.0 Å². The van der Waals surface area contributed by atoms with E-state index in [9.17, 15) is 9.59 Å². The lowest BCUT2D eigenvalue weighted by atomic mass is 10.1. The molecule has 0 bridgehead atoms. The van der Waals surface area contributed by atoms with Crippen LogP contribution in [0.3, 0.4) is 0 Å². The highest BCUT2D eigenvalue weighted by Crippen LogP contribution is 2.20. The van der Waals surface area contributed by atoms with Gasteiger partial charge in [0.2, 0.25) is 5.91 Å². The Morgan fingerprint density at radius 2 is 2.09 bits per heavy atom. The number of rotatable bonds is 7. The minimum absolute atomic E-state index is 0.117. The number of hydrogen-bond donors (Lipinski definition) is 2. The molecule has 1 aromatic heterocycles. The number of hydrogen-bond acceptors (Lipinski definition) is 6. The van der Waals surface area contributed by atoms with Crippen LogP contribution in [0, 0.1) is 0 Å². The number of aromatic nitrogens is 1. The van der Waals surface area contributed by atoms with Crippen LogP contribution < -0.4 is 11.1 Å². The molecule has 0 saturated heterocycles. The zero-order valence-electron chi connectivity index (χ0n) is 12.8. The summed E-state index contributed by atoms with van der Waals surface area (Å²) in [6.45, 7) is -0.139. The minimum Gasteiger partial charge on any atom is -0.468 e. The molecule has 0 saturated carbocycles. The van der Waals surface area contributed by atoms with Crippen LogP contribution in [0.25, 0.3) is 0 Å². The molecule has 2 rings (SSSR count). The van der Waals surface area contributed by atoms with E-state index in [0.717, 1.165) is 10.6 Å². The summed E-state index contributed by atoms with van der Waals surface area (Å²) in [5, 5.41) is 5.09. The summed E-state index contributed by atoms with van der Waals surface area (Å²) in [5.41, 5.74) is 7.97. The van der Waals surface area contributed by atoms with Crippen LogP contribution in [0.15, 0.2) is 35.7 Å². The second-order valence-electron chi connectivity index (χ2n) is 5.00. The highest BCUT2D eigenvalue weighted by Gasteiger charge is 2.14. The lowest BCUT2D eigenvalue weighted by molar-refractivity contribution is -0.141. The zero-order chi connectivity index (χ0) is 16.7.